The molecule has 2 aromatic heterocycles. The predicted molar refractivity (Wildman–Crippen MR) is 96.0 cm³/mol. The Morgan fingerprint density at radius 1 is 1.17 bits per heavy atom. The summed E-state index contributed by atoms with van der Waals surface area (Å²) in [7, 11) is -3.40. The van der Waals surface area contributed by atoms with Gasteiger partial charge in [0.25, 0.3) is 0 Å². The molecule has 0 bridgehead atoms. The van der Waals surface area contributed by atoms with Gasteiger partial charge < -0.3 is 0 Å². The number of aryl methyl sites for hydroxylation is 1. The number of sulfonamides is 1. The van der Waals surface area contributed by atoms with Crippen molar-refractivity contribution in [2.45, 2.75) is 19.2 Å². The van der Waals surface area contributed by atoms with E-state index in [0.717, 1.165) is 27.4 Å². The van der Waals surface area contributed by atoms with E-state index in [4.69, 9.17) is 0 Å². The van der Waals surface area contributed by atoms with Crippen LogP contribution >= 0.6 is 11.3 Å². The molecule has 7 heteroatoms. The van der Waals surface area contributed by atoms with Crippen LogP contribution in [-0.2, 0) is 22.3 Å². The number of thiazole rings is 1. The summed E-state index contributed by atoms with van der Waals surface area (Å²) in [6, 6.07) is 11.3. The van der Waals surface area contributed by atoms with Crippen LogP contribution in [0.4, 0.5) is 0 Å². The number of benzene rings is 1. The number of pyridine rings is 1. The summed E-state index contributed by atoms with van der Waals surface area (Å²) in [6.07, 6.45) is 3.41. The number of hydrogen-bond donors (Lipinski definition) is 1. The van der Waals surface area contributed by atoms with E-state index in [9.17, 15) is 8.42 Å². The lowest BCUT2D eigenvalue weighted by Gasteiger charge is -2.06. The molecule has 3 aromatic rings. The van der Waals surface area contributed by atoms with Gasteiger partial charge in [-0.15, -0.1) is 11.3 Å². The summed E-state index contributed by atoms with van der Waals surface area (Å²) in [5, 5.41) is 2.65. The van der Waals surface area contributed by atoms with E-state index in [1.807, 2.05) is 48.7 Å². The third-order valence-corrected chi connectivity index (χ3v) is 5.56. The second kappa shape index (κ2) is 7.21. The van der Waals surface area contributed by atoms with Crippen LogP contribution in [0.2, 0.25) is 0 Å². The zero-order valence-corrected chi connectivity index (χ0v) is 14.8. The fourth-order valence-corrected chi connectivity index (χ4v) is 4.20. The Hall–Kier alpha value is -2.09. The minimum Gasteiger partial charge on any atom is -0.265 e. The highest BCUT2D eigenvalue weighted by Crippen LogP contribution is 2.21. The first-order chi connectivity index (χ1) is 11.5. The quantitative estimate of drug-likeness (QED) is 0.734. The average Bonchev–Trinajstić information content (AvgIpc) is 3.03. The maximum absolute atomic E-state index is 12.2. The van der Waals surface area contributed by atoms with Crippen molar-refractivity contribution >= 4 is 21.4 Å². The first kappa shape index (κ1) is 16.8. The standard InChI is InChI=1S/C17H17N3O2S2/c1-13-3-2-4-14(9-13)12-24(21,22)19-10-17-20-16(11-23-17)15-5-7-18-8-6-15/h2-9,11,19H,10,12H2,1H3. The molecule has 24 heavy (non-hydrogen) atoms. The topological polar surface area (TPSA) is 72.0 Å². The first-order valence-corrected chi connectivity index (χ1v) is 9.93. The predicted octanol–water partition coefficient (Wildman–Crippen LogP) is 3.13. The molecule has 0 atom stereocenters. The van der Waals surface area contributed by atoms with Crippen molar-refractivity contribution in [2.75, 3.05) is 0 Å². The normalized spacial score (nSPS) is 11.5. The molecule has 0 unspecified atom stereocenters. The Balaban J connectivity index is 1.64. The highest BCUT2D eigenvalue weighted by atomic mass is 32.2. The second-order valence-corrected chi connectivity index (χ2v) is 8.18. The first-order valence-electron chi connectivity index (χ1n) is 7.39. The van der Waals surface area contributed by atoms with E-state index >= 15 is 0 Å². The van der Waals surface area contributed by atoms with E-state index < -0.39 is 10.0 Å². The third-order valence-electron chi connectivity index (χ3n) is 3.41. The lowest BCUT2D eigenvalue weighted by atomic mass is 10.2. The summed E-state index contributed by atoms with van der Waals surface area (Å²) >= 11 is 1.44. The largest absolute Gasteiger partial charge is 0.265 e. The monoisotopic (exact) mass is 359 g/mol. The molecule has 1 N–H and O–H groups in total. The van der Waals surface area contributed by atoms with Crippen LogP contribution in [0.1, 0.15) is 16.1 Å². The maximum Gasteiger partial charge on any atom is 0.216 e. The van der Waals surface area contributed by atoms with Crippen LogP contribution in [-0.4, -0.2) is 18.4 Å². The van der Waals surface area contributed by atoms with Crippen molar-refractivity contribution in [1.29, 1.82) is 0 Å². The number of nitrogens with zero attached hydrogens (tertiary/aromatic N) is 2. The molecule has 0 saturated carbocycles. The SMILES string of the molecule is Cc1cccc(CS(=O)(=O)NCc2nc(-c3ccncc3)cs2)c1. The van der Waals surface area contributed by atoms with Gasteiger partial charge in [0, 0.05) is 23.3 Å². The summed E-state index contributed by atoms with van der Waals surface area (Å²) in [5.41, 5.74) is 3.62. The van der Waals surface area contributed by atoms with Gasteiger partial charge in [-0.2, -0.15) is 0 Å². The Labute approximate surface area is 145 Å². The molecule has 2 heterocycles. The number of rotatable bonds is 6. The molecule has 0 saturated heterocycles. The molecule has 0 aliphatic heterocycles. The number of hydrogen-bond acceptors (Lipinski definition) is 5. The lowest BCUT2D eigenvalue weighted by Crippen LogP contribution is -2.24. The van der Waals surface area contributed by atoms with E-state index in [0.29, 0.717) is 0 Å². The number of aromatic nitrogens is 2. The van der Waals surface area contributed by atoms with Crippen LogP contribution < -0.4 is 4.72 Å². The Morgan fingerprint density at radius 2 is 1.96 bits per heavy atom. The van der Waals surface area contributed by atoms with Crippen molar-refractivity contribution in [3.8, 4) is 11.3 Å². The molecule has 0 aliphatic rings. The van der Waals surface area contributed by atoms with Crippen LogP contribution in [0.5, 0.6) is 0 Å². The minimum atomic E-state index is -3.40. The van der Waals surface area contributed by atoms with E-state index in [2.05, 4.69) is 14.7 Å². The van der Waals surface area contributed by atoms with Gasteiger partial charge in [-0.1, -0.05) is 29.8 Å². The third kappa shape index (κ3) is 4.47. The molecule has 0 radical (unpaired) electrons. The van der Waals surface area contributed by atoms with Crippen molar-refractivity contribution in [3.05, 3.63) is 70.3 Å². The second-order valence-electron chi connectivity index (χ2n) is 5.43. The van der Waals surface area contributed by atoms with Gasteiger partial charge in [0.2, 0.25) is 10.0 Å². The van der Waals surface area contributed by atoms with Gasteiger partial charge >= 0.3 is 0 Å². The Bertz CT molecular complexity index is 922. The average molecular weight is 359 g/mol. The Morgan fingerprint density at radius 3 is 2.71 bits per heavy atom. The van der Waals surface area contributed by atoms with Crippen LogP contribution in [0, 0.1) is 6.92 Å². The van der Waals surface area contributed by atoms with Crippen molar-refractivity contribution in [1.82, 2.24) is 14.7 Å². The van der Waals surface area contributed by atoms with Crippen LogP contribution in [0.25, 0.3) is 11.3 Å². The summed E-state index contributed by atoms with van der Waals surface area (Å²) in [5.74, 6) is -0.0305. The zero-order valence-electron chi connectivity index (χ0n) is 13.1. The van der Waals surface area contributed by atoms with Gasteiger partial charge in [0.15, 0.2) is 0 Å². The van der Waals surface area contributed by atoms with Gasteiger partial charge in [-0.25, -0.2) is 18.1 Å². The molecule has 5 nitrogen and oxygen atoms in total. The van der Waals surface area contributed by atoms with E-state index in [1.54, 1.807) is 12.4 Å². The Kier molecular flexibility index (Phi) is 5.03. The van der Waals surface area contributed by atoms with Crippen molar-refractivity contribution < 1.29 is 8.42 Å². The van der Waals surface area contributed by atoms with Crippen molar-refractivity contribution in [3.63, 3.8) is 0 Å². The molecule has 0 fully saturated rings. The minimum absolute atomic E-state index is 0.0305. The molecule has 124 valence electrons. The summed E-state index contributed by atoms with van der Waals surface area (Å²) in [6.45, 7) is 2.14. The molecule has 0 spiro atoms. The van der Waals surface area contributed by atoms with Gasteiger partial charge in [0.05, 0.1) is 18.0 Å². The van der Waals surface area contributed by atoms with Gasteiger partial charge in [-0.05, 0) is 24.6 Å². The van der Waals surface area contributed by atoms with Gasteiger partial charge in [-0.3, -0.25) is 4.98 Å². The number of nitrogens with one attached hydrogen (secondary N) is 1. The zero-order chi connectivity index (χ0) is 17.0. The molecule has 3 rings (SSSR count). The smallest absolute Gasteiger partial charge is 0.216 e. The highest BCUT2D eigenvalue weighted by Gasteiger charge is 2.13. The van der Waals surface area contributed by atoms with Crippen LogP contribution in [0.15, 0.2) is 54.2 Å². The molecular formula is C17H17N3O2S2. The van der Waals surface area contributed by atoms with Crippen molar-refractivity contribution in [2.24, 2.45) is 0 Å². The molecule has 1 aromatic carbocycles. The van der Waals surface area contributed by atoms with E-state index in [-0.39, 0.29) is 12.3 Å². The van der Waals surface area contributed by atoms with Gasteiger partial charge in [0.1, 0.15) is 5.01 Å². The summed E-state index contributed by atoms with van der Waals surface area (Å²) < 4.78 is 27.1. The van der Waals surface area contributed by atoms with Crippen LogP contribution in [0.3, 0.4) is 0 Å². The fourth-order valence-electron chi connectivity index (χ4n) is 2.29. The highest BCUT2D eigenvalue weighted by molar-refractivity contribution is 7.88. The van der Waals surface area contributed by atoms with E-state index in [1.165, 1.54) is 11.3 Å². The lowest BCUT2D eigenvalue weighted by molar-refractivity contribution is 0.580. The fraction of sp³-hybridized carbons (Fsp3) is 0.176. The summed E-state index contributed by atoms with van der Waals surface area (Å²) in [4.78, 5) is 8.44. The maximum atomic E-state index is 12.2. The molecule has 0 amide bonds. The molecular weight excluding hydrogens is 342 g/mol. The molecule has 0 aliphatic carbocycles.